The zero-order valence-electron chi connectivity index (χ0n) is 16.7. The second-order valence-electron chi connectivity index (χ2n) is 6.91. The SMILES string of the molecule is CCC/C(=N/NC(=O)c1cc(-c2ccccc2)nc2c(Cl)cccc12)c1ccc(Cl)s1. The fraction of sp³-hybridized carbons (Fsp3) is 0.125. The number of thiophene rings is 1. The number of nitrogens with one attached hydrogen (secondary N) is 1. The summed E-state index contributed by atoms with van der Waals surface area (Å²) in [5.41, 5.74) is 6.15. The standard InChI is InChI=1S/C24H19Cl2N3OS/c1-2-7-19(21-12-13-22(26)31-21)28-29-24(30)17-14-20(15-8-4-3-5-9-15)27-23-16(17)10-6-11-18(23)25/h3-6,8-14H,2,7H2,1H3,(H,29,30)/b28-19-. The first-order valence-corrected chi connectivity index (χ1v) is 11.4. The second-order valence-corrected chi connectivity index (χ2v) is 9.03. The molecule has 0 aliphatic carbocycles. The molecule has 0 atom stereocenters. The van der Waals surface area contributed by atoms with Crippen LogP contribution in [0.1, 0.15) is 35.0 Å². The Kier molecular flexibility index (Phi) is 6.66. The number of nitrogens with zero attached hydrogens (tertiary/aromatic N) is 2. The van der Waals surface area contributed by atoms with Gasteiger partial charge in [0.25, 0.3) is 5.91 Å². The van der Waals surface area contributed by atoms with E-state index in [-0.39, 0.29) is 5.91 Å². The maximum atomic E-state index is 13.2. The predicted octanol–water partition coefficient (Wildman–Crippen LogP) is 7.20. The summed E-state index contributed by atoms with van der Waals surface area (Å²) in [6, 6.07) is 20.6. The van der Waals surface area contributed by atoms with Gasteiger partial charge >= 0.3 is 0 Å². The molecule has 1 N–H and O–H groups in total. The van der Waals surface area contributed by atoms with Crippen molar-refractivity contribution >= 4 is 57.1 Å². The largest absolute Gasteiger partial charge is 0.272 e. The predicted molar refractivity (Wildman–Crippen MR) is 130 cm³/mol. The lowest BCUT2D eigenvalue weighted by Crippen LogP contribution is -2.20. The molecule has 0 aliphatic heterocycles. The van der Waals surface area contributed by atoms with E-state index in [4.69, 9.17) is 28.2 Å². The zero-order chi connectivity index (χ0) is 21.8. The molecule has 156 valence electrons. The summed E-state index contributed by atoms with van der Waals surface area (Å²) in [6.07, 6.45) is 1.63. The van der Waals surface area contributed by atoms with Crippen molar-refractivity contribution in [3.8, 4) is 11.3 Å². The zero-order valence-corrected chi connectivity index (χ0v) is 19.1. The van der Waals surface area contributed by atoms with Gasteiger partial charge in [-0.15, -0.1) is 11.3 Å². The van der Waals surface area contributed by atoms with Crippen LogP contribution in [0.5, 0.6) is 0 Å². The van der Waals surface area contributed by atoms with E-state index < -0.39 is 0 Å². The summed E-state index contributed by atoms with van der Waals surface area (Å²) < 4.78 is 0.687. The fourth-order valence-corrected chi connectivity index (χ4v) is 4.55. The average Bonchev–Trinajstić information content (AvgIpc) is 3.23. The molecule has 0 radical (unpaired) electrons. The Labute approximate surface area is 194 Å². The van der Waals surface area contributed by atoms with Gasteiger partial charge in [0.05, 0.1) is 36.7 Å². The third kappa shape index (κ3) is 4.79. The third-order valence-electron chi connectivity index (χ3n) is 4.74. The third-order valence-corrected chi connectivity index (χ3v) is 6.33. The molecular formula is C24H19Cl2N3OS. The molecule has 4 rings (SSSR count). The summed E-state index contributed by atoms with van der Waals surface area (Å²) >= 11 is 13.9. The first-order valence-electron chi connectivity index (χ1n) is 9.84. The first-order chi connectivity index (χ1) is 15.1. The van der Waals surface area contributed by atoms with Crippen LogP contribution in [-0.4, -0.2) is 16.6 Å². The van der Waals surface area contributed by atoms with Crippen molar-refractivity contribution in [1.82, 2.24) is 10.4 Å². The normalized spacial score (nSPS) is 11.6. The minimum absolute atomic E-state index is 0.317. The maximum Gasteiger partial charge on any atom is 0.272 e. The van der Waals surface area contributed by atoms with E-state index in [1.165, 1.54) is 11.3 Å². The number of para-hydroxylation sites is 1. The van der Waals surface area contributed by atoms with Crippen LogP contribution in [0.25, 0.3) is 22.2 Å². The van der Waals surface area contributed by atoms with Gasteiger partial charge in [0.1, 0.15) is 0 Å². The number of benzene rings is 2. The van der Waals surface area contributed by atoms with Gasteiger partial charge in [0, 0.05) is 10.9 Å². The van der Waals surface area contributed by atoms with Crippen LogP contribution in [-0.2, 0) is 0 Å². The number of carbonyl (C=O) groups excluding carboxylic acids is 1. The number of halogens is 2. The number of fused-ring (bicyclic) bond motifs is 1. The molecule has 2 aromatic carbocycles. The van der Waals surface area contributed by atoms with Crippen LogP contribution in [0.2, 0.25) is 9.36 Å². The van der Waals surface area contributed by atoms with Crippen molar-refractivity contribution < 1.29 is 4.79 Å². The highest BCUT2D eigenvalue weighted by atomic mass is 35.5. The van der Waals surface area contributed by atoms with Crippen molar-refractivity contribution in [3.05, 3.63) is 86.5 Å². The summed E-state index contributed by atoms with van der Waals surface area (Å²) in [4.78, 5) is 18.8. The minimum atomic E-state index is -0.317. The number of hydrogen-bond acceptors (Lipinski definition) is 4. The van der Waals surface area contributed by atoms with Crippen molar-refractivity contribution in [2.75, 3.05) is 0 Å². The lowest BCUT2D eigenvalue weighted by Gasteiger charge is -2.11. The molecule has 0 saturated carbocycles. The molecule has 7 heteroatoms. The number of rotatable bonds is 6. The van der Waals surface area contributed by atoms with E-state index in [9.17, 15) is 4.79 Å². The lowest BCUT2D eigenvalue weighted by atomic mass is 10.0. The van der Waals surface area contributed by atoms with Crippen molar-refractivity contribution in [2.24, 2.45) is 5.10 Å². The van der Waals surface area contributed by atoms with Crippen LogP contribution in [0.3, 0.4) is 0 Å². The van der Waals surface area contributed by atoms with Crippen LogP contribution < -0.4 is 5.43 Å². The monoisotopic (exact) mass is 467 g/mol. The Hall–Kier alpha value is -2.73. The van der Waals surface area contributed by atoms with E-state index >= 15 is 0 Å². The molecular weight excluding hydrogens is 449 g/mol. The molecule has 2 heterocycles. The Bertz CT molecular complexity index is 1270. The average molecular weight is 468 g/mol. The quantitative estimate of drug-likeness (QED) is 0.240. The van der Waals surface area contributed by atoms with E-state index in [0.717, 1.165) is 29.0 Å². The molecule has 0 aliphatic rings. The van der Waals surface area contributed by atoms with Gasteiger partial charge in [-0.1, -0.05) is 79.0 Å². The number of amides is 1. The Morgan fingerprint density at radius 3 is 2.58 bits per heavy atom. The Morgan fingerprint density at radius 2 is 1.87 bits per heavy atom. The molecule has 0 bridgehead atoms. The number of carbonyl (C=O) groups is 1. The lowest BCUT2D eigenvalue weighted by molar-refractivity contribution is 0.0956. The smallest absolute Gasteiger partial charge is 0.267 e. The second kappa shape index (κ2) is 9.60. The summed E-state index contributed by atoms with van der Waals surface area (Å²) in [5, 5.41) is 5.59. The highest BCUT2D eigenvalue weighted by Crippen LogP contribution is 2.29. The van der Waals surface area contributed by atoms with Crippen LogP contribution in [0, 0.1) is 0 Å². The fourth-order valence-electron chi connectivity index (χ4n) is 3.28. The van der Waals surface area contributed by atoms with Crippen LogP contribution in [0.4, 0.5) is 0 Å². The van der Waals surface area contributed by atoms with Gasteiger partial charge in [0.2, 0.25) is 0 Å². The Balaban J connectivity index is 1.75. The van der Waals surface area contributed by atoms with Gasteiger partial charge < -0.3 is 0 Å². The van der Waals surface area contributed by atoms with E-state index in [1.54, 1.807) is 12.1 Å². The van der Waals surface area contributed by atoms with Crippen molar-refractivity contribution in [1.29, 1.82) is 0 Å². The first kappa shape index (κ1) is 21.5. The van der Waals surface area contributed by atoms with Crippen molar-refractivity contribution in [2.45, 2.75) is 19.8 Å². The molecule has 4 nitrogen and oxygen atoms in total. The van der Waals surface area contributed by atoms with E-state index in [0.29, 0.717) is 31.5 Å². The molecule has 0 unspecified atom stereocenters. The highest BCUT2D eigenvalue weighted by Gasteiger charge is 2.16. The van der Waals surface area contributed by atoms with E-state index in [2.05, 4.69) is 17.5 Å². The van der Waals surface area contributed by atoms with Crippen LogP contribution in [0.15, 0.2) is 71.8 Å². The molecule has 0 spiro atoms. The van der Waals surface area contributed by atoms with Gasteiger partial charge in [-0.05, 0) is 30.7 Å². The molecule has 1 amide bonds. The van der Waals surface area contributed by atoms with Gasteiger partial charge in [-0.2, -0.15) is 5.10 Å². The minimum Gasteiger partial charge on any atom is -0.267 e. The molecule has 2 aromatic heterocycles. The number of hydrazone groups is 1. The molecule has 31 heavy (non-hydrogen) atoms. The maximum absolute atomic E-state index is 13.2. The Morgan fingerprint density at radius 1 is 1.06 bits per heavy atom. The van der Waals surface area contributed by atoms with Gasteiger partial charge in [-0.25, -0.2) is 10.4 Å². The number of pyridine rings is 1. The summed E-state index contributed by atoms with van der Waals surface area (Å²) in [5.74, 6) is -0.317. The molecule has 0 fully saturated rings. The van der Waals surface area contributed by atoms with Gasteiger partial charge in [-0.3, -0.25) is 4.79 Å². The summed E-state index contributed by atoms with van der Waals surface area (Å²) in [6.45, 7) is 2.07. The van der Waals surface area contributed by atoms with E-state index in [1.807, 2.05) is 54.6 Å². The number of aromatic nitrogens is 1. The topological polar surface area (TPSA) is 54.4 Å². The van der Waals surface area contributed by atoms with Crippen molar-refractivity contribution in [3.63, 3.8) is 0 Å². The molecule has 4 aromatic rings. The molecule has 0 saturated heterocycles. The highest BCUT2D eigenvalue weighted by molar-refractivity contribution is 7.18. The number of hydrogen-bond donors (Lipinski definition) is 1. The van der Waals surface area contributed by atoms with Gasteiger partial charge in [0.15, 0.2) is 0 Å². The van der Waals surface area contributed by atoms with Crippen LogP contribution >= 0.6 is 34.5 Å². The summed E-state index contributed by atoms with van der Waals surface area (Å²) in [7, 11) is 0.